The van der Waals surface area contributed by atoms with Crippen molar-refractivity contribution in [1.82, 2.24) is 5.32 Å². The summed E-state index contributed by atoms with van der Waals surface area (Å²) in [4.78, 5) is 22.3. The van der Waals surface area contributed by atoms with Crippen molar-refractivity contribution in [1.29, 1.82) is 0 Å². The highest BCUT2D eigenvalue weighted by Crippen LogP contribution is 2.22. The Bertz CT molecular complexity index is 496. The predicted octanol–water partition coefficient (Wildman–Crippen LogP) is 1.84. The van der Waals surface area contributed by atoms with Gasteiger partial charge in [-0.15, -0.1) is 0 Å². The van der Waals surface area contributed by atoms with Gasteiger partial charge in [0.2, 0.25) is 5.91 Å². The normalized spacial score (nSPS) is 18.9. The van der Waals surface area contributed by atoms with Gasteiger partial charge >= 0.3 is 0 Å². The van der Waals surface area contributed by atoms with Crippen LogP contribution in [0.4, 0.5) is 11.4 Å². The van der Waals surface area contributed by atoms with E-state index in [1.165, 1.54) is 6.07 Å². The summed E-state index contributed by atoms with van der Waals surface area (Å²) in [7, 11) is 0. The number of nitro groups is 1. The van der Waals surface area contributed by atoms with Crippen LogP contribution in [0.1, 0.15) is 18.4 Å². The quantitative estimate of drug-likeness (QED) is 0.643. The molecular formula is C13H17N3O3. The molecule has 0 spiro atoms. The lowest BCUT2D eigenvalue weighted by Gasteiger charge is -2.21. The minimum absolute atomic E-state index is 0.0238. The molecule has 6 nitrogen and oxygen atoms in total. The smallest absolute Gasteiger partial charge is 0.272 e. The van der Waals surface area contributed by atoms with Gasteiger partial charge in [-0.1, -0.05) is 0 Å². The van der Waals surface area contributed by atoms with Crippen LogP contribution in [0.25, 0.3) is 0 Å². The Morgan fingerprint density at radius 2 is 2.32 bits per heavy atom. The van der Waals surface area contributed by atoms with Crippen molar-refractivity contribution < 1.29 is 9.72 Å². The van der Waals surface area contributed by atoms with Crippen LogP contribution in [0.2, 0.25) is 0 Å². The summed E-state index contributed by atoms with van der Waals surface area (Å²) in [6.45, 7) is 3.31. The van der Waals surface area contributed by atoms with Crippen molar-refractivity contribution in [3.63, 3.8) is 0 Å². The van der Waals surface area contributed by atoms with Crippen molar-refractivity contribution >= 4 is 17.3 Å². The zero-order valence-corrected chi connectivity index (χ0v) is 10.8. The number of aryl methyl sites for hydroxylation is 1. The van der Waals surface area contributed by atoms with Gasteiger partial charge in [0.25, 0.3) is 5.69 Å². The second kappa shape index (κ2) is 5.79. The van der Waals surface area contributed by atoms with Gasteiger partial charge in [-0.3, -0.25) is 14.9 Å². The standard InChI is InChI=1S/C13H17N3O3/c1-9-7-11(4-5-12(9)16(18)19)15-13(17)10-3-2-6-14-8-10/h4-5,7,10,14H,2-3,6,8H2,1H3,(H,15,17). The first-order valence-electron chi connectivity index (χ1n) is 6.34. The molecule has 0 bridgehead atoms. The second-order valence-corrected chi connectivity index (χ2v) is 4.79. The molecule has 1 atom stereocenters. The lowest BCUT2D eigenvalue weighted by molar-refractivity contribution is -0.385. The Hall–Kier alpha value is -1.95. The summed E-state index contributed by atoms with van der Waals surface area (Å²) in [5.41, 5.74) is 1.22. The molecule has 0 radical (unpaired) electrons. The van der Waals surface area contributed by atoms with Crippen LogP contribution in [0, 0.1) is 23.0 Å². The van der Waals surface area contributed by atoms with Crippen LogP contribution in [0.5, 0.6) is 0 Å². The molecule has 1 amide bonds. The molecule has 0 aromatic heterocycles. The summed E-state index contributed by atoms with van der Waals surface area (Å²) in [5.74, 6) is -0.0512. The first-order chi connectivity index (χ1) is 9.08. The van der Waals surface area contributed by atoms with E-state index in [0.717, 1.165) is 19.4 Å². The van der Waals surface area contributed by atoms with Gasteiger partial charge in [0, 0.05) is 23.9 Å². The Kier molecular flexibility index (Phi) is 4.11. The zero-order chi connectivity index (χ0) is 13.8. The van der Waals surface area contributed by atoms with Gasteiger partial charge in [-0.25, -0.2) is 0 Å². The topological polar surface area (TPSA) is 84.3 Å². The van der Waals surface area contributed by atoms with Crippen LogP contribution < -0.4 is 10.6 Å². The number of piperidine rings is 1. The monoisotopic (exact) mass is 263 g/mol. The molecule has 0 aliphatic carbocycles. The van der Waals surface area contributed by atoms with Gasteiger partial charge in [-0.05, 0) is 38.4 Å². The number of carbonyl (C=O) groups is 1. The van der Waals surface area contributed by atoms with Crippen molar-refractivity contribution in [3.05, 3.63) is 33.9 Å². The number of anilines is 1. The van der Waals surface area contributed by atoms with Crippen LogP contribution in [-0.2, 0) is 4.79 Å². The Balaban J connectivity index is 2.04. The highest BCUT2D eigenvalue weighted by Gasteiger charge is 2.21. The SMILES string of the molecule is Cc1cc(NC(=O)C2CCCNC2)ccc1[N+](=O)[O-]. The average Bonchev–Trinajstić information content (AvgIpc) is 2.39. The van der Waals surface area contributed by atoms with Crippen LogP contribution in [0.15, 0.2) is 18.2 Å². The summed E-state index contributed by atoms with van der Waals surface area (Å²) in [5, 5.41) is 16.7. The number of amides is 1. The summed E-state index contributed by atoms with van der Waals surface area (Å²) < 4.78 is 0. The van der Waals surface area contributed by atoms with E-state index in [9.17, 15) is 14.9 Å². The van der Waals surface area contributed by atoms with Crippen molar-refractivity contribution in [2.45, 2.75) is 19.8 Å². The minimum Gasteiger partial charge on any atom is -0.326 e. The Morgan fingerprint density at radius 1 is 1.53 bits per heavy atom. The molecule has 6 heteroatoms. The van der Waals surface area contributed by atoms with Crippen LogP contribution in [-0.4, -0.2) is 23.9 Å². The van der Waals surface area contributed by atoms with Crippen LogP contribution in [0.3, 0.4) is 0 Å². The molecule has 1 saturated heterocycles. The molecule has 2 rings (SSSR count). The van der Waals surface area contributed by atoms with E-state index in [2.05, 4.69) is 10.6 Å². The maximum absolute atomic E-state index is 12.0. The molecule has 1 aliphatic heterocycles. The summed E-state index contributed by atoms with van der Waals surface area (Å²) in [6, 6.07) is 4.62. The maximum atomic E-state index is 12.0. The molecule has 1 fully saturated rings. The third-order valence-electron chi connectivity index (χ3n) is 3.33. The van der Waals surface area contributed by atoms with Gasteiger partial charge in [-0.2, -0.15) is 0 Å². The Morgan fingerprint density at radius 3 is 2.89 bits per heavy atom. The van der Waals surface area contributed by atoms with E-state index >= 15 is 0 Å². The largest absolute Gasteiger partial charge is 0.326 e. The van der Waals surface area contributed by atoms with Crippen molar-refractivity contribution in [2.24, 2.45) is 5.92 Å². The van der Waals surface area contributed by atoms with Gasteiger partial charge in [0.1, 0.15) is 0 Å². The molecule has 19 heavy (non-hydrogen) atoms. The van der Waals surface area contributed by atoms with E-state index < -0.39 is 4.92 Å². The molecule has 1 aromatic carbocycles. The first kappa shape index (κ1) is 13.5. The summed E-state index contributed by atoms with van der Waals surface area (Å²) >= 11 is 0. The van der Waals surface area contributed by atoms with Gasteiger partial charge in [0.05, 0.1) is 10.8 Å². The van der Waals surface area contributed by atoms with Gasteiger partial charge in [0.15, 0.2) is 0 Å². The van der Waals surface area contributed by atoms with Gasteiger partial charge < -0.3 is 10.6 Å². The number of nitro benzene ring substituents is 1. The number of nitrogens with one attached hydrogen (secondary N) is 2. The van der Waals surface area contributed by atoms with E-state index in [4.69, 9.17) is 0 Å². The fourth-order valence-electron chi connectivity index (χ4n) is 2.26. The first-order valence-corrected chi connectivity index (χ1v) is 6.34. The summed E-state index contributed by atoms with van der Waals surface area (Å²) in [6.07, 6.45) is 1.88. The van der Waals surface area contributed by atoms with E-state index in [0.29, 0.717) is 17.8 Å². The number of hydrogen-bond donors (Lipinski definition) is 2. The molecule has 1 aromatic rings. The predicted molar refractivity (Wildman–Crippen MR) is 72.1 cm³/mol. The number of benzene rings is 1. The lowest BCUT2D eigenvalue weighted by Crippen LogP contribution is -2.37. The fourth-order valence-corrected chi connectivity index (χ4v) is 2.26. The number of rotatable bonds is 3. The van der Waals surface area contributed by atoms with Crippen LogP contribution >= 0.6 is 0 Å². The lowest BCUT2D eigenvalue weighted by atomic mass is 9.98. The number of nitrogens with zero attached hydrogens (tertiary/aromatic N) is 1. The highest BCUT2D eigenvalue weighted by atomic mass is 16.6. The maximum Gasteiger partial charge on any atom is 0.272 e. The minimum atomic E-state index is -0.425. The molecule has 1 unspecified atom stereocenters. The third kappa shape index (κ3) is 3.29. The fraction of sp³-hybridized carbons (Fsp3) is 0.462. The van der Waals surface area contributed by atoms with E-state index in [1.807, 2.05) is 0 Å². The molecule has 1 aliphatic rings. The molecule has 1 heterocycles. The van der Waals surface area contributed by atoms with Crippen molar-refractivity contribution in [3.8, 4) is 0 Å². The number of hydrogen-bond acceptors (Lipinski definition) is 4. The second-order valence-electron chi connectivity index (χ2n) is 4.79. The van der Waals surface area contributed by atoms with Crippen molar-refractivity contribution in [2.75, 3.05) is 18.4 Å². The molecular weight excluding hydrogens is 246 g/mol. The Labute approximate surface area is 111 Å². The molecule has 102 valence electrons. The molecule has 0 saturated carbocycles. The van der Waals surface area contributed by atoms with E-state index in [-0.39, 0.29) is 17.5 Å². The highest BCUT2D eigenvalue weighted by molar-refractivity contribution is 5.93. The molecule has 2 N–H and O–H groups in total. The van der Waals surface area contributed by atoms with E-state index in [1.54, 1.807) is 19.1 Å². The zero-order valence-electron chi connectivity index (χ0n) is 10.8. The third-order valence-corrected chi connectivity index (χ3v) is 3.33. The average molecular weight is 263 g/mol. The number of carbonyl (C=O) groups excluding carboxylic acids is 1.